The number of aryl methyl sites for hydroxylation is 1. The second-order valence-corrected chi connectivity index (χ2v) is 15.2. The molecule has 10 nitrogen and oxygen atoms in total. The summed E-state index contributed by atoms with van der Waals surface area (Å²) in [5, 5.41) is 30.0. The Kier molecular flexibility index (Phi) is 14.4. The van der Waals surface area contributed by atoms with Crippen molar-refractivity contribution < 1.29 is 29.4 Å². The summed E-state index contributed by atoms with van der Waals surface area (Å²) in [6, 6.07) is 24.7. The van der Waals surface area contributed by atoms with E-state index in [-0.39, 0.29) is 34.3 Å². The van der Waals surface area contributed by atoms with E-state index in [4.69, 9.17) is 46.4 Å². The second-order valence-electron chi connectivity index (χ2n) is 11.8. The van der Waals surface area contributed by atoms with Crippen LogP contribution in [0.5, 0.6) is 0 Å². The Balaban J connectivity index is 0.000000211. The Morgan fingerprint density at radius 3 is 1.85 bits per heavy atom. The number of carbonyl (C=O) groups excluding carboxylic acids is 2. The summed E-state index contributed by atoms with van der Waals surface area (Å²) in [6.45, 7) is 1.98. The maximum Gasteiger partial charge on any atom is 0.326 e. The molecule has 0 spiro atoms. The van der Waals surface area contributed by atoms with Gasteiger partial charge >= 0.3 is 11.9 Å². The summed E-state index contributed by atoms with van der Waals surface area (Å²) in [4.78, 5) is 56.7. The molecule has 2 aromatic heterocycles. The molecular formula is C39H30Cl4N4O6S2. The van der Waals surface area contributed by atoms with Gasteiger partial charge in [0.2, 0.25) is 0 Å². The van der Waals surface area contributed by atoms with Crippen LogP contribution in [0, 0.1) is 6.92 Å². The van der Waals surface area contributed by atoms with Crippen LogP contribution in [0.3, 0.4) is 0 Å². The van der Waals surface area contributed by atoms with Crippen molar-refractivity contribution in [1.82, 2.24) is 20.6 Å². The number of carbonyl (C=O) groups is 4. The smallest absolute Gasteiger partial charge is 0.326 e. The molecule has 0 aliphatic heterocycles. The van der Waals surface area contributed by atoms with Gasteiger partial charge in [-0.2, -0.15) is 0 Å². The lowest BCUT2D eigenvalue weighted by atomic mass is 10.0. The number of hydrogen-bond acceptors (Lipinski definition) is 8. The van der Waals surface area contributed by atoms with E-state index in [1.807, 2.05) is 43.3 Å². The highest BCUT2D eigenvalue weighted by atomic mass is 35.5. The number of carboxylic acids is 2. The predicted molar refractivity (Wildman–Crippen MR) is 218 cm³/mol. The summed E-state index contributed by atoms with van der Waals surface area (Å²) in [5.74, 6) is -3.21. The number of carboxylic acid groups (broad SMARTS) is 2. The first-order valence-electron chi connectivity index (χ1n) is 16.3. The highest BCUT2D eigenvalue weighted by Gasteiger charge is 2.25. The first-order valence-corrected chi connectivity index (χ1v) is 19.5. The van der Waals surface area contributed by atoms with Crippen molar-refractivity contribution in [1.29, 1.82) is 0 Å². The first-order chi connectivity index (χ1) is 26.3. The minimum atomic E-state index is -1.10. The normalized spacial score (nSPS) is 11.8. The molecule has 0 saturated heterocycles. The summed E-state index contributed by atoms with van der Waals surface area (Å²) < 4.78 is 0. The number of nitrogens with zero attached hydrogens (tertiary/aromatic N) is 2. The van der Waals surface area contributed by atoms with Crippen LogP contribution in [-0.4, -0.2) is 50.0 Å². The van der Waals surface area contributed by atoms with Crippen LogP contribution in [0.2, 0.25) is 20.1 Å². The molecule has 4 aromatic carbocycles. The van der Waals surface area contributed by atoms with Crippen LogP contribution >= 0.6 is 69.1 Å². The zero-order valence-corrected chi connectivity index (χ0v) is 33.3. The lowest BCUT2D eigenvalue weighted by Crippen LogP contribution is -2.42. The Labute approximate surface area is 343 Å². The van der Waals surface area contributed by atoms with Crippen molar-refractivity contribution in [2.24, 2.45) is 0 Å². The van der Waals surface area contributed by atoms with Crippen LogP contribution in [-0.2, 0) is 16.0 Å². The molecule has 4 N–H and O–H groups in total. The fourth-order valence-electron chi connectivity index (χ4n) is 5.17. The molecule has 0 fully saturated rings. The van der Waals surface area contributed by atoms with E-state index in [0.29, 0.717) is 26.2 Å². The van der Waals surface area contributed by atoms with Gasteiger partial charge in [0, 0.05) is 33.3 Å². The Morgan fingerprint density at radius 1 is 0.691 bits per heavy atom. The molecular weight excluding hydrogens is 826 g/mol. The number of thiazole rings is 2. The number of amides is 2. The molecule has 2 amide bonds. The van der Waals surface area contributed by atoms with Gasteiger partial charge < -0.3 is 20.8 Å². The molecule has 16 heteroatoms. The first kappa shape index (κ1) is 41.3. The average molecular weight is 857 g/mol. The van der Waals surface area contributed by atoms with Gasteiger partial charge in [0.15, 0.2) is 0 Å². The van der Waals surface area contributed by atoms with E-state index in [2.05, 4.69) is 20.6 Å². The van der Waals surface area contributed by atoms with Crippen molar-refractivity contribution in [3.8, 4) is 21.1 Å². The third-order valence-electron chi connectivity index (χ3n) is 7.95. The standard InChI is InChI=1S/C20H17ClN2O3S.C19H13Cl3N2O3S/c1-12-4-2-3-5-15(12)19-23-17(11-27-19)18(24)22-16(20(25)26)10-13-6-8-14(21)9-7-13;20-12-6-2-1-4-10(12)19-24-15(9-28-19)18(27)23-14(8-16(25)26)11-5-3-7-13(21)17(11)22/h2-9,11,16H,10H2,1H3,(H,22,24)(H,25,26);1-7,9,14H,8H2,(H,23,27)(H,25,26)/t16-;14-/m00/s1. The highest BCUT2D eigenvalue weighted by molar-refractivity contribution is 7.13. The van der Waals surface area contributed by atoms with Gasteiger partial charge in [-0.1, -0.05) is 113 Å². The van der Waals surface area contributed by atoms with Gasteiger partial charge in [0.05, 0.1) is 27.5 Å². The average Bonchev–Trinajstić information content (AvgIpc) is 3.85. The number of benzene rings is 4. The fraction of sp³-hybridized carbons (Fsp3) is 0.128. The van der Waals surface area contributed by atoms with E-state index < -0.39 is 35.8 Å². The second kappa shape index (κ2) is 19.2. The van der Waals surface area contributed by atoms with Crippen LogP contribution in [0.15, 0.2) is 102 Å². The maximum absolute atomic E-state index is 12.7. The Hall–Kier alpha value is -4.82. The van der Waals surface area contributed by atoms with Crippen molar-refractivity contribution in [2.45, 2.75) is 31.8 Å². The molecule has 282 valence electrons. The molecule has 0 saturated carbocycles. The van der Waals surface area contributed by atoms with Crippen LogP contribution in [0.25, 0.3) is 21.1 Å². The molecule has 0 aliphatic rings. The van der Waals surface area contributed by atoms with Gasteiger partial charge in [-0.3, -0.25) is 14.4 Å². The fourth-order valence-corrected chi connectivity index (χ4v) is 7.75. The number of rotatable bonds is 12. The van der Waals surface area contributed by atoms with E-state index in [1.165, 1.54) is 22.7 Å². The number of halogens is 4. The van der Waals surface area contributed by atoms with Crippen molar-refractivity contribution in [3.05, 3.63) is 150 Å². The molecule has 6 rings (SSSR count). The lowest BCUT2D eigenvalue weighted by Gasteiger charge is -2.18. The summed E-state index contributed by atoms with van der Waals surface area (Å²) in [7, 11) is 0. The largest absolute Gasteiger partial charge is 0.481 e. The van der Waals surface area contributed by atoms with Gasteiger partial charge in [-0.25, -0.2) is 14.8 Å². The monoisotopic (exact) mass is 854 g/mol. The molecule has 0 aliphatic carbocycles. The molecule has 6 aromatic rings. The predicted octanol–water partition coefficient (Wildman–Crippen LogP) is 9.91. The Morgan fingerprint density at radius 2 is 1.25 bits per heavy atom. The number of nitrogens with one attached hydrogen (secondary N) is 2. The van der Waals surface area contributed by atoms with Gasteiger partial charge in [0.25, 0.3) is 11.8 Å². The van der Waals surface area contributed by atoms with Gasteiger partial charge in [0.1, 0.15) is 27.4 Å². The van der Waals surface area contributed by atoms with E-state index in [0.717, 1.165) is 21.7 Å². The van der Waals surface area contributed by atoms with E-state index >= 15 is 0 Å². The Bertz CT molecular complexity index is 2330. The van der Waals surface area contributed by atoms with Crippen LogP contribution in [0.1, 0.15) is 50.1 Å². The molecule has 0 unspecified atom stereocenters. The number of aromatic nitrogens is 2. The minimum Gasteiger partial charge on any atom is -0.481 e. The zero-order valence-electron chi connectivity index (χ0n) is 28.6. The summed E-state index contributed by atoms with van der Waals surface area (Å²) in [5.41, 5.74) is 4.29. The van der Waals surface area contributed by atoms with Crippen molar-refractivity contribution >= 4 is 92.8 Å². The van der Waals surface area contributed by atoms with E-state index in [9.17, 15) is 29.4 Å². The lowest BCUT2D eigenvalue weighted by molar-refractivity contribution is -0.139. The summed E-state index contributed by atoms with van der Waals surface area (Å²) in [6.07, 6.45) is -0.194. The van der Waals surface area contributed by atoms with Crippen LogP contribution in [0.4, 0.5) is 0 Å². The molecule has 2 atom stereocenters. The zero-order chi connectivity index (χ0) is 39.6. The third-order valence-corrected chi connectivity index (χ3v) is 11.1. The highest BCUT2D eigenvalue weighted by Crippen LogP contribution is 2.33. The van der Waals surface area contributed by atoms with Gasteiger partial charge in [-0.05, 0) is 47.9 Å². The van der Waals surface area contributed by atoms with E-state index in [1.54, 1.807) is 65.4 Å². The minimum absolute atomic E-state index is 0.160. The third kappa shape index (κ3) is 11.1. The van der Waals surface area contributed by atoms with Crippen LogP contribution < -0.4 is 10.6 Å². The molecule has 55 heavy (non-hydrogen) atoms. The molecule has 2 heterocycles. The number of aliphatic carboxylic acids is 2. The number of hydrogen-bond donors (Lipinski definition) is 4. The SMILES string of the molecule is Cc1ccccc1-c1nc(C(=O)N[C@@H](Cc2ccc(Cl)cc2)C(=O)O)cs1.O=C(O)C[C@H](NC(=O)c1csc(-c2ccccc2Cl)n1)c1cccc(Cl)c1Cl. The van der Waals surface area contributed by atoms with Gasteiger partial charge in [-0.15, -0.1) is 22.7 Å². The van der Waals surface area contributed by atoms with Crippen molar-refractivity contribution in [2.75, 3.05) is 0 Å². The summed E-state index contributed by atoms with van der Waals surface area (Å²) >= 11 is 26.9. The topological polar surface area (TPSA) is 159 Å². The molecule has 0 bridgehead atoms. The quantitative estimate of drug-likeness (QED) is 0.0947. The maximum atomic E-state index is 12.7. The molecule has 0 radical (unpaired) electrons. The van der Waals surface area contributed by atoms with Crippen molar-refractivity contribution in [3.63, 3.8) is 0 Å².